The number of carbonyl (C=O) groups is 2. The van der Waals surface area contributed by atoms with E-state index in [1.807, 2.05) is 69.3 Å². The molecule has 0 spiro atoms. The van der Waals surface area contributed by atoms with Crippen molar-refractivity contribution in [2.24, 2.45) is 0 Å². The summed E-state index contributed by atoms with van der Waals surface area (Å²) in [5.41, 5.74) is 2.21. The van der Waals surface area contributed by atoms with Crippen molar-refractivity contribution in [2.75, 3.05) is 17.2 Å². The minimum absolute atomic E-state index is 0.0801. The van der Waals surface area contributed by atoms with Gasteiger partial charge in [0.05, 0.1) is 28.9 Å². The fourth-order valence-corrected chi connectivity index (χ4v) is 5.13. The number of ether oxygens (including phenoxy) is 1. The normalized spacial score (nSPS) is 14.6. The summed E-state index contributed by atoms with van der Waals surface area (Å²) in [4.78, 5) is 31.1. The third-order valence-corrected chi connectivity index (χ3v) is 7.63. The number of benzene rings is 3. The molecule has 6 rings (SSSR count). The van der Waals surface area contributed by atoms with E-state index < -0.39 is 11.9 Å². The van der Waals surface area contributed by atoms with Crippen LogP contribution >= 0.6 is 23.2 Å². The molecule has 44 heavy (non-hydrogen) atoms. The average Bonchev–Trinajstić information content (AvgIpc) is 3.62. The van der Waals surface area contributed by atoms with Crippen molar-refractivity contribution in [1.82, 2.24) is 24.5 Å². The van der Waals surface area contributed by atoms with Gasteiger partial charge in [0.15, 0.2) is 5.82 Å². The van der Waals surface area contributed by atoms with Gasteiger partial charge in [-0.25, -0.2) is 4.68 Å². The van der Waals surface area contributed by atoms with Gasteiger partial charge < -0.3 is 15.4 Å². The Bertz CT molecular complexity index is 1840. The number of amides is 1. The fraction of sp³-hybridized carbons (Fsp3) is 0.219. The van der Waals surface area contributed by atoms with Crippen molar-refractivity contribution < 1.29 is 14.3 Å². The monoisotopic (exact) mass is 629 g/mol. The lowest BCUT2D eigenvalue weighted by atomic mass is 9.92. The van der Waals surface area contributed by atoms with Crippen LogP contribution in [0.4, 0.5) is 11.8 Å². The van der Waals surface area contributed by atoms with E-state index in [1.165, 1.54) is 4.68 Å². The van der Waals surface area contributed by atoms with Crippen LogP contribution in [-0.2, 0) is 5.41 Å². The van der Waals surface area contributed by atoms with E-state index in [0.717, 1.165) is 16.9 Å². The number of carbonyl (C=O) groups excluding carboxylic acids is 2. The minimum atomic E-state index is -0.471. The molecule has 1 amide bonds. The maximum absolute atomic E-state index is 13.7. The predicted octanol–water partition coefficient (Wildman–Crippen LogP) is 6.89. The number of nitrogens with zero attached hydrogens (tertiary/aromatic N) is 5. The van der Waals surface area contributed by atoms with Crippen LogP contribution < -0.4 is 15.4 Å². The highest BCUT2D eigenvalue weighted by molar-refractivity contribution is 6.35. The zero-order valence-electron chi connectivity index (χ0n) is 24.2. The minimum Gasteiger partial charge on any atom is -0.491 e. The van der Waals surface area contributed by atoms with Gasteiger partial charge in [-0.15, -0.1) is 5.10 Å². The zero-order chi connectivity index (χ0) is 31.0. The van der Waals surface area contributed by atoms with E-state index in [1.54, 1.807) is 35.0 Å². The Kier molecular flexibility index (Phi) is 7.87. The Morgan fingerprint density at radius 2 is 1.75 bits per heavy atom. The van der Waals surface area contributed by atoms with Gasteiger partial charge in [-0.05, 0) is 36.4 Å². The van der Waals surface area contributed by atoms with Crippen LogP contribution in [0.3, 0.4) is 0 Å². The zero-order valence-corrected chi connectivity index (χ0v) is 25.7. The number of nitrogens with one attached hydrogen (secondary N) is 2. The summed E-state index contributed by atoms with van der Waals surface area (Å²) < 4.78 is 9.03. The first kappa shape index (κ1) is 29.4. The molecule has 0 saturated carbocycles. The first-order valence-corrected chi connectivity index (χ1v) is 14.7. The lowest BCUT2D eigenvalue weighted by Gasteiger charge is -2.23. The molecule has 224 valence electrons. The number of halogens is 2. The fourth-order valence-electron chi connectivity index (χ4n) is 4.75. The third kappa shape index (κ3) is 6.04. The number of rotatable bonds is 7. The average molecular weight is 631 g/mol. The molecule has 0 fully saturated rings. The number of anilines is 2. The Balaban J connectivity index is 1.22. The van der Waals surface area contributed by atoms with Crippen LogP contribution in [0.5, 0.6) is 5.75 Å². The standard InChI is InChI=1S/C32H29Cl2N7O3/c1-32(2,3)25-17-26(40(38-25)22-14-12-20(33)13-15-22)36-30(43)28-23(34)10-7-11-24(28)44-18-21-16-27(42)41-31(35-21)37-29(39-41)19-8-5-4-6-9-19/h4-15,17,21H,16,18H2,1-3H3,(H,36,43)(H,35,37,39). The molecule has 5 aromatic rings. The Morgan fingerprint density at radius 3 is 2.48 bits per heavy atom. The summed E-state index contributed by atoms with van der Waals surface area (Å²) in [6.45, 7) is 6.21. The predicted molar refractivity (Wildman–Crippen MR) is 170 cm³/mol. The quantitative estimate of drug-likeness (QED) is 0.201. The molecule has 0 bridgehead atoms. The van der Waals surface area contributed by atoms with Crippen LogP contribution in [-0.4, -0.2) is 49.0 Å². The number of hydrogen-bond acceptors (Lipinski definition) is 7. The lowest BCUT2D eigenvalue weighted by molar-refractivity contribution is 0.0859. The summed E-state index contributed by atoms with van der Waals surface area (Å²) in [7, 11) is 0. The van der Waals surface area contributed by atoms with Crippen LogP contribution in [0, 0.1) is 0 Å². The Labute approximate surface area is 264 Å². The van der Waals surface area contributed by atoms with Crippen LogP contribution in [0.2, 0.25) is 10.0 Å². The molecule has 12 heteroatoms. The van der Waals surface area contributed by atoms with Crippen LogP contribution in [0.15, 0.2) is 78.9 Å². The highest BCUT2D eigenvalue weighted by atomic mass is 35.5. The molecule has 3 aromatic carbocycles. The summed E-state index contributed by atoms with van der Waals surface area (Å²) in [5.74, 6) is 0.834. The molecule has 1 aliphatic rings. The number of aromatic nitrogens is 5. The maximum Gasteiger partial charge on any atom is 0.262 e. The van der Waals surface area contributed by atoms with Gasteiger partial charge in [-0.2, -0.15) is 14.8 Å². The van der Waals surface area contributed by atoms with Gasteiger partial charge in [0.2, 0.25) is 5.95 Å². The molecule has 0 aliphatic carbocycles. The number of fused-ring (bicyclic) bond motifs is 1. The molecule has 0 radical (unpaired) electrons. The highest BCUT2D eigenvalue weighted by Gasteiger charge is 2.29. The van der Waals surface area contributed by atoms with E-state index >= 15 is 0 Å². The SMILES string of the molecule is CC(C)(C)c1cc(NC(=O)c2c(Cl)cccc2OCC2CC(=O)n3nc(-c4ccccc4)nc3N2)n(-c2ccc(Cl)cc2)n1. The van der Waals surface area contributed by atoms with Gasteiger partial charge in [0.25, 0.3) is 11.8 Å². The summed E-state index contributed by atoms with van der Waals surface area (Å²) in [6.07, 6.45) is 0.128. The molecule has 1 aliphatic heterocycles. The van der Waals surface area contributed by atoms with Crippen LogP contribution in [0.25, 0.3) is 17.1 Å². The van der Waals surface area contributed by atoms with Crippen molar-refractivity contribution >= 4 is 46.8 Å². The van der Waals surface area contributed by atoms with Crippen LogP contribution in [0.1, 0.15) is 48.0 Å². The topological polar surface area (TPSA) is 116 Å². The molecule has 0 saturated heterocycles. The second kappa shape index (κ2) is 11.8. The van der Waals surface area contributed by atoms with Crippen molar-refractivity contribution in [3.8, 4) is 22.8 Å². The molecule has 2 aromatic heterocycles. The van der Waals surface area contributed by atoms with E-state index in [4.69, 9.17) is 33.0 Å². The second-order valence-electron chi connectivity index (χ2n) is 11.4. The molecule has 10 nitrogen and oxygen atoms in total. The first-order valence-electron chi connectivity index (χ1n) is 14.0. The summed E-state index contributed by atoms with van der Waals surface area (Å²) >= 11 is 12.6. The summed E-state index contributed by atoms with van der Waals surface area (Å²) in [6, 6.07) is 23.0. The lowest BCUT2D eigenvalue weighted by Crippen LogP contribution is -2.38. The van der Waals surface area contributed by atoms with E-state index in [9.17, 15) is 9.59 Å². The van der Waals surface area contributed by atoms with Crippen molar-refractivity contribution in [3.05, 3.63) is 100 Å². The van der Waals surface area contributed by atoms with Gasteiger partial charge in [-0.1, -0.05) is 80.4 Å². The summed E-state index contributed by atoms with van der Waals surface area (Å²) in [5, 5.41) is 16.1. The largest absolute Gasteiger partial charge is 0.491 e. The van der Waals surface area contributed by atoms with Crippen molar-refractivity contribution in [1.29, 1.82) is 0 Å². The van der Waals surface area contributed by atoms with Gasteiger partial charge in [-0.3, -0.25) is 9.59 Å². The smallest absolute Gasteiger partial charge is 0.262 e. The second-order valence-corrected chi connectivity index (χ2v) is 12.3. The molecular weight excluding hydrogens is 601 g/mol. The maximum atomic E-state index is 13.7. The van der Waals surface area contributed by atoms with E-state index in [2.05, 4.69) is 20.7 Å². The first-order chi connectivity index (χ1) is 21.1. The van der Waals surface area contributed by atoms with E-state index in [0.29, 0.717) is 22.6 Å². The Morgan fingerprint density at radius 1 is 1.00 bits per heavy atom. The van der Waals surface area contributed by atoms with Crippen molar-refractivity contribution in [2.45, 2.75) is 38.6 Å². The van der Waals surface area contributed by atoms with Gasteiger partial charge >= 0.3 is 0 Å². The molecule has 1 unspecified atom stereocenters. The van der Waals surface area contributed by atoms with E-state index in [-0.39, 0.29) is 40.7 Å². The highest BCUT2D eigenvalue weighted by Crippen LogP contribution is 2.31. The molecular formula is C32H29Cl2N7O3. The number of hydrogen-bond donors (Lipinski definition) is 2. The third-order valence-electron chi connectivity index (χ3n) is 7.06. The molecule has 1 atom stereocenters. The molecule has 3 heterocycles. The molecule has 2 N–H and O–H groups in total. The Hall–Kier alpha value is -4.67. The van der Waals surface area contributed by atoms with Crippen molar-refractivity contribution in [3.63, 3.8) is 0 Å². The van der Waals surface area contributed by atoms with Gasteiger partial charge in [0, 0.05) is 22.1 Å². The van der Waals surface area contributed by atoms with Gasteiger partial charge in [0.1, 0.15) is 23.7 Å².